The van der Waals surface area contributed by atoms with E-state index in [4.69, 9.17) is 17.3 Å². The van der Waals surface area contributed by atoms with Crippen LogP contribution in [0.1, 0.15) is 43.0 Å². The summed E-state index contributed by atoms with van der Waals surface area (Å²) in [6.07, 6.45) is 4.77. The molecule has 0 amide bonds. The van der Waals surface area contributed by atoms with Crippen molar-refractivity contribution < 1.29 is 4.92 Å². The summed E-state index contributed by atoms with van der Waals surface area (Å²) in [7, 11) is 0. The number of halogens is 1. The SMILES string of the molecule is CCCC1CCc2nc(N)c(C#N)c(-c3cc([N+](=O)[O-])ccc3Cl)c2C1. The number of nitriles is 1. The number of aromatic nitrogens is 1. The Morgan fingerprint density at radius 2 is 2.27 bits per heavy atom. The van der Waals surface area contributed by atoms with Gasteiger partial charge in [-0.15, -0.1) is 0 Å². The van der Waals surface area contributed by atoms with Crippen molar-refractivity contribution >= 4 is 23.1 Å². The normalized spacial score (nSPS) is 16.0. The molecule has 1 aromatic heterocycles. The molecule has 3 rings (SSSR count). The molecule has 1 atom stereocenters. The summed E-state index contributed by atoms with van der Waals surface area (Å²) in [5.41, 5.74) is 9.08. The second kappa shape index (κ2) is 7.30. The Hall–Kier alpha value is -2.65. The Morgan fingerprint density at radius 3 is 2.92 bits per heavy atom. The Labute approximate surface area is 156 Å². The van der Waals surface area contributed by atoms with Crippen LogP contribution in [0.3, 0.4) is 0 Å². The predicted octanol–water partition coefficient (Wildman–Crippen LogP) is 4.67. The van der Waals surface area contributed by atoms with Gasteiger partial charge in [0.05, 0.1) is 4.92 Å². The van der Waals surface area contributed by atoms with E-state index in [1.165, 1.54) is 18.2 Å². The fourth-order valence-electron chi connectivity index (χ4n) is 3.73. The second-order valence-electron chi connectivity index (χ2n) is 6.60. The Balaban J connectivity index is 2.27. The number of anilines is 1. The molecule has 1 aromatic carbocycles. The molecule has 2 N–H and O–H groups in total. The lowest BCUT2D eigenvalue weighted by molar-refractivity contribution is -0.384. The highest BCUT2D eigenvalue weighted by Gasteiger charge is 2.27. The average molecular weight is 371 g/mol. The van der Waals surface area contributed by atoms with Gasteiger partial charge in [-0.05, 0) is 36.8 Å². The first-order valence-corrected chi connectivity index (χ1v) is 8.99. The van der Waals surface area contributed by atoms with E-state index in [1.54, 1.807) is 0 Å². The quantitative estimate of drug-likeness (QED) is 0.621. The van der Waals surface area contributed by atoms with Crippen molar-refractivity contribution in [2.75, 3.05) is 5.73 Å². The molecule has 1 aliphatic rings. The van der Waals surface area contributed by atoms with Crippen molar-refractivity contribution in [3.8, 4) is 17.2 Å². The minimum atomic E-state index is -0.469. The number of hydrogen-bond acceptors (Lipinski definition) is 5. The molecule has 2 aromatic rings. The molecule has 0 spiro atoms. The van der Waals surface area contributed by atoms with E-state index in [1.807, 2.05) is 0 Å². The number of nitrogens with zero attached hydrogens (tertiary/aromatic N) is 3. The molecule has 1 aliphatic carbocycles. The molecule has 0 aliphatic heterocycles. The molecule has 26 heavy (non-hydrogen) atoms. The van der Waals surface area contributed by atoms with Crippen LogP contribution < -0.4 is 5.73 Å². The maximum atomic E-state index is 11.2. The standard InChI is InChI=1S/C19H19ClN4O2/c1-2-3-11-4-7-17-14(8-11)18(15(10-21)19(22)23-17)13-9-12(24(25)26)5-6-16(13)20/h5-6,9,11H,2-4,7-8H2,1H3,(H2,22,23). The van der Waals surface area contributed by atoms with Gasteiger partial charge >= 0.3 is 0 Å². The van der Waals surface area contributed by atoms with Crippen LogP contribution in [-0.2, 0) is 12.8 Å². The number of fused-ring (bicyclic) bond motifs is 1. The van der Waals surface area contributed by atoms with Crippen molar-refractivity contribution in [3.63, 3.8) is 0 Å². The average Bonchev–Trinajstić information content (AvgIpc) is 2.61. The Bertz CT molecular complexity index is 921. The van der Waals surface area contributed by atoms with Crippen LogP contribution in [0.25, 0.3) is 11.1 Å². The van der Waals surface area contributed by atoms with E-state index >= 15 is 0 Å². The molecule has 0 bridgehead atoms. The number of rotatable bonds is 4. The number of nitrogen functional groups attached to an aromatic ring is 1. The van der Waals surface area contributed by atoms with Gasteiger partial charge in [0.2, 0.25) is 0 Å². The van der Waals surface area contributed by atoms with E-state index < -0.39 is 4.92 Å². The first kappa shape index (κ1) is 18.2. The van der Waals surface area contributed by atoms with Gasteiger partial charge < -0.3 is 5.73 Å². The van der Waals surface area contributed by atoms with E-state index in [0.717, 1.165) is 43.4 Å². The molecule has 6 nitrogen and oxygen atoms in total. The topological polar surface area (TPSA) is 106 Å². The van der Waals surface area contributed by atoms with Gasteiger partial charge in [-0.2, -0.15) is 5.26 Å². The minimum Gasteiger partial charge on any atom is -0.383 e. The fourth-order valence-corrected chi connectivity index (χ4v) is 3.95. The summed E-state index contributed by atoms with van der Waals surface area (Å²) in [5, 5.41) is 21.2. The molecule has 7 heteroatoms. The van der Waals surface area contributed by atoms with Crippen molar-refractivity contribution in [3.05, 3.63) is 50.2 Å². The summed E-state index contributed by atoms with van der Waals surface area (Å²) >= 11 is 6.36. The molecule has 134 valence electrons. The maximum absolute atomic E-state index is 11.2. The van der Waals surface area contributed by atoms with Crippen molar-refractivity contribution in [2.24, 2.45) is 5.92 Å². The Kier molecular flexibility index (Phi) is 5.10. The number of nitro benzene ring substituents is 1. The van der Waals surface area contributed by atoms with E-state index in [9.17, 15) is 15.4 Å². The van der Waals surface area contributed by atoms with Crippen LogP contribution >= 0.6 is 11.6 Å². The zero-order valence-corrected chi connectivity index (χ0v) is 15.2. The summed E-state index contributed by atoms with van der Waals surface area (Å²) in [6.45, 7) is 2.15. The number of hydrogen-bond donors (Lipinski definition) is 1. The summed E-state index contributed by atoms with van der Waals surface area (Å²) in [4.78, 5) is 15.2. The highest BCUT2D eigenvalue weighted by Crippen LogP contribution is 2.41. The third kappa shape index (κ3) is 3.23. The van der Waals surface area contributed by atoms with Gasteiger partial charge in [0.15, 0.2) is 0 Å². The number of nitrogens with two attached hydrogens (primary N) is 1. The third-order valence-electron chi connectivity index (χ3n) is 4.93. The molecule has 1 heterocycles. The lowest BCUT2D eigenvalue weighted by Gasteiger charge is -2.27. The van der Waals surface area contributed by atoms with Crippen LogP contribution in [0, 0.1) is 27.4 Å². The van der Waals surface area contributed by atoms with Gasteiger partial charge in [0.25, 0.3) is 5.69 Å². The number of nitro groups is 1. The van der Waals surface area contributed by atoms with Crippen molar-refractivity contribution in [1.29, 1.82) is 5.26 Å². The van der Waals surface area contributed by atoms with E-state index in [-0.39, 0.29) is 17.1 Å². The summed E-state index contributed by atoms with van der Waals surface area (Å²) in [6, 6.07) is 6.39. The maximum Gasteiger partial charge on any atom is 0.270 e. The monoisotopic (exact) mass is 370 g/mol. The first-order valence-electron chi connectivity index (χ1n) is 8.61. The lowest BCUT2D eigenvalue weighted by Crippen LogP contribution is -2.18. The van der Waals surface area contributed by atoms with Gasteiger partial charge in [-0.25, -0.2) is 4.98 Å². The number of benzene rings is 1. The Morgan fingerprint density at radius 1 is 1.50 bits per heavy atom. The molecule has 1 unspecified atom stereocenters. The summed E-state index contributed by atoms with van der Waals surface area (Å²) < 4.78 is 0. The molecule has 0 saturated heterocycles. The van der Waals surface area contributed by atoms with Crippen LogP contribution in [0.4, 0.5) is 11.5 Å². The molecule has 0 radical (unpaired) electrons. The zero-order valence-electron chi connectivity index (χ0n) is 14.5. The molecular weight excluding hydrogens is 352 g/mol. The smallest absolute Gasteiger partial charge is 0.270 e. The fraction of sp³-hybridized carbons (Fsp3) is 0.368. The van der Waals surface area contributed by atoms with E-state index in [0.29, 0.717) is 22.1 Å². The largest absolute Gasteiger partial charge is 0.383 e. The van der Waals surface area contributed by atoms with Crippen LogP contribution in [0.2, 0.25) is 5.02 Å². The second-order valence-corrected chi connectivity index (χ2v) is 7.01. The van der Waals surface area contributed by atoms with Crippen LogP contribution in [-0.4, -0.2) is 9.91 Å². The van der Waals surface area contributed by atoms with Crippen LogP contribution in [0.5, 0.6) is 0 Å². The molecule has 0 saturated carbocycles. The van der Waals surface area contributed by atoms with Crippen molar-refractivity contribution in [1.82, 2.24) is 4.98 Å². The van der Waals surface area contributed by atoms with E-state index in [2.05, 4.69) is 18.0 Å². The zero-order chi connectivity index (χ0) is 18.8. The highest BCUT2D eigenvalue weighted by molar-refractivity contribution is 6.33. The number of aryl methyl sites for hydroxylation is 1. The van der Waals surface area contributed by atoms with Crippen molar-refractivity contribution in [2.45, 2.75) is 39.0 Å². The number of non-ortho nitro benzene ring substituents is 1. The summed E-state index contributed by atoms with van der Waals surface area (Å²) in [5.74, 6) is 0.651. The van der Waals surface area contributed by atoms with Gasteiger partial charge in [-0.3, -0.25) is 10.1 Å². The van der Waals surface area contributed by atoms with Gasteiger partial charge in [0.1, 0.15) is 17.5 Å². The third-order valence-corrected chi connectivity index (χ3v) is 5.26. The predicted molar refractivity (Wildman–Crippen MR) is 101 cm³/mol. The highest BCUT2D eigenvalue weighted by atomic mass is 35.5. The lowest BCUT2D eigenvalue weighted by atomic mass is 9.79. The molecular formula is C19H19ClN4O2. The molecule has 0 fully saturated rings. The van der Waals surface area contributed by atoms with Crippen LogP contribution in [0.15, 0.2) is 18.2 Å². The van der Waals surface area contributed by atoms with Gasteiger partial charge in [-0.1, -0.05) is 31.4 Å². The first-order chi connectivity index (χ1) is 12.5. The van der Waals surface area contributed by atoms with Gasteiger partial charge in [0, 0.05) is 34.0 Å². The number of pyridine rings is 1. The minimum absolute atomic E-state index is 0.0710.